The van der Waals surface area contributed by atoms with E-state index in [2.05, 4.69) is 4.90 Å². The highest BCUT2D eigenvalue weighted by atomic mass is 16.2. The van der Waals surface area contributed by atoms with Crippen molar-refractivity contribution in [3.8, 4) is 0 Å². The lowest BCUT2D eigenvalue weighted by molar-refractivity contribution is 0.0759. The second-order valence-electron chi connectivity index (χ2n) is 5.28. The third kappa shape index (κ3) is 5.31. The fourth-order valence-corrected chi connectivity index (χ4v) is 2.19. The SMILES string of the molecule is CCN(CCCN(C)C)C(=O)c1cccc(CCN)c1. The Hall–Kier alpha value is -1.39. The number of nitrogens with zero attached hydrogens (tertiary/aromatic N) is 2. The predicted octanol–water partition coefficient (Wildman–Crippen LogP) is 1.60. The molecule has 0 unspecified atom stereocenters. The fourth-order valence-electron chi connectivity index (χ4n) is 2.19. The molecule has 0 aromatic heterocycles. The summed E-state index contributed by atoms with van der Waals surface area (Å²) in [5.74, 6) is 0.116. The zero-order valence-corrected chi connectivity index (χ0v) is 12.9. The number of hydrogen-bond donors (Lipinski definition) is 1. The fraction of sp³-hybridized carbons (Fsp3) is 0.562. The van der Waals surface area contributed by atoms with Crippen LogP contribution in [0.2, 0.25) is 0 Å². The van der Waals surface area contributed by atoms with Crippen LogP contribution in [0.1, 0.15) is 29.3 Å². The molecule has 0 atom stereocenters. The highest BCUT2D eigenvalue weighted by Crippen LogP contribution is 2.09. The molecule has 0 radical (unpaired) electrons. The Morgan fingerprint density at radius 3 is 2.60 bits per heavy atom. The van der Waals surface area contributed by atoms with Crippen LogP contribution >= 0.6 is 0 Å². The molecule has 0 bridgehead atoms. The molecule has 4 heteroatoms. The topological polar surface area (TPSA) is 49.6 Å². The molecule has 0 spiro atoms. The number of benzene rings is 1. The van der Waals surface area contributed by atoms with Crippen molar-refractivity contribution < 1.29 is 4.79 Å². The monoisotopic (exact) mass is 277 g/mol. The molecule has 2 N–H and O–H groups in total. The molecule has 0 fully saturated rings. The first-order valence-corrected chi connectivity index (χ1v) is 7.31. The van der Waals surface area contributed by atoms with Gasteiger partial charge < -0.3 is 15.5 Å². The van der Waals surface area contributed by atoms with Crippen LogP contribution < -0.4 is 5.73 Å². The Morgan fingerprint density at radius 2 is 2.00 bits per heavy atom. The van der Waals surface area contributed by atoms with E-state index in [-0.39, 0.29) is 5.91 Å². The molecule has 1 rings (SSSR count). The van der Waals surface area contributed by atoms with Crippen molar-refractivity contribution in [2.75, 3.05) is 40.3 Å². The molecule has 0 aliphatic heterocycles. The second kappa shape index (κ2) is 8.72. The van der Waals surface area contributed by atoms with Crippen LogP contribution in [-0.2, 0) is 6.42 Å². The summed E-state index contributed by atoms with van der Waals surface area (Å²) in [5, 5.41) is 0. The molecule has 112 valence electrons. The van der Waals surface area contributed by atoms with E-state index in [0.29, 0.717) is 6.54 Å². The van der Waals surface area contributed by atoms with Crippen LogP contribution in [0.25, 0.3) is 0 Å². The minimum atomic E-state index is 0.116. The highest BCUT2D eigenvalue weighted by Gasteiger charge is 2.14. The number of carbonyl (C=O) groups is 1. The van der Waals surface area contributed by atoms with E-state index in [0.717, 1.165) is 43.6 Å². The average molecular weight is 277 g/mol. The van der Waals surface area contributed by atoms with Crippen molar-refractivity contribution in [3.63, 3.8) is 0 Å². The van der Waals surface area contributed by atoms with Gasteiger partial charge in [-0.3, -0.25) is 4.79 Å². The maximum Gasteiger partial charge on any atom is 0.253 e. The van der Waals surface area contributed by atoms with E-state index in [1.165, 1.54) is 0 Å². The van der Waals surface area contributed by atoms with Gasteiger partial charge in [0.1, 0.15) is 0 Å². The van der Waals surface area contributed by atoms with E-state index in [1.54, 1.807) is 0 Å². The minimum absolute atomic E-state index is 0.116. The van der Waals surface area contributed by atoms with Crippen molar-refractivity contribution in [3.05, 3.63) is 35.4 Å². The number of hydrogen-bond acceptors (Lipinski definition) is 3. The van der Waals surface area contributed by atoms with Gasteiger partial charge in [0.05, 0.1) is 0 Å². The summed E-state index contributed by atoms with van der Waals surface area (Å²) in [7, 11) is 4.10. The summed E-state index contributed by atoms with van der Waals surface area (Å²) < 4.78 is 0. The third-order valence-electron chi connectivity index (χ3n) is 3.31. The smallest absolute Gasteiger partial charge is 0.253 e. The van der Waals surface area contributed by atoms with Crippen LogP contribution in [0.4, 0.5) is 0 Å². The lowest BCUT2D eigenvalue weighted by Crippen LogP contribution is -2.33. The molecule has 0 saturated heterocycles. The third-order valence-corrected chi connectivity index (χ3v) is 3.31. The molecule has 1 amide bonds. The second-order valence-corrected chi connectivity index (χ2v) is 5.28. The molecule has 0 heterocycles. The molecule has 0 saturated carbocycles. The molecule has 0 aliphatic carbocycles. The Bertz CT molecular complexity index is 418. The quantitative estimate of drug-likeness (QED) is 0.785. The lowest BCUT2D eigenvalue weighted by atomic mass is 10.1. The van der Waals surface area contributed by atoms with Gasteiger partial charge in [0, 0.05) is 18.7 Å². The predicted molar refractivity (Wildman–Crippen MR) is 83.9 cm³/mol. The summed E-state index contributed by atoms with van der Waals surface area (Å²) >= 11 is 0. The summed E-state index contributed by atoms with van der Waals surface area (Å²) in [6, 6.07) is 7.80. The maximum absolute atomic E-state index is 12.5. The van der Waals surface area contributed by atoms with Gasteiger partial charge in [-0.25, -0.2) is 0 Å². The van der Waals surface area contributed by atoms with Crippen molar-refractivity contribution >= 4 is 5.91 Å². The summed E-state index contributed by atoms with van der Waals surface area (Å²) in [4.78, 5) is 16.5. The Morgan fingerprint density at radius 1 is 1.25 bits per heavy atom. The number of carbonyl (C=O) groups excluding carboxylic acids is 1. The minimum Gasteiger partial charge on any atom is -0.339 e. The zero-order chi connectivity index (χ0) is 15.0. The molecule has 20 heavy (non-hydrogen) atoms. The standard InChI is InChI=1S/C16H27N3O/c1-4-19(12-6-11-18(2)3)16(20)15-8-5-7-14(13-15)9-10-17/h5,7-8,13H,4,6,9-12,17H2,1-3H3. The molecule has 1 aromatic rings. The first-order valence-electron chi connectivity index (χ1n) is 7.31. The largest absolute Gasteiger partial charge is 0.339 e. The first kappa shape index (κ1) is 16.7. The number of rotatable bonds is 8. The van der Waals surface area contributed by atoms with Crippen LogP contribution in [0, 0.1) is 0 Å². The maximum atomic E-state index is 12.5. The Balaban J connectivity index is 2.67. The molecular weight excluding hydrogens is 250 g/mol. The highest BCUT2D eigenvalue weighted by molar-refractivity contribution is 5.94. The lowest BCUT2D eigenvalue weighted by Gasteiger charge is -2.22. The van der Waals surface area contributed by atoms with Gasteiger partial charge in [-0.1, -0.05) is 12.1 Å². The van der Waals surface area contributed by atoms with Crippen LogP contribution in [0.5, 0.6) is 0 Å². The van der Waals surface area contributed by atoms with Crippen LogP contribution in [0.3, 0.4) is 0 Å². The van der Waals surface area contributed by atoms with Crippen LogP contribution in [0.15, 0.2) is 24.3 Å². The van der Waals surface area contributed by atoms with E-state index in [4.69, 9.17) is 5.73 Å². The Labute approximate surface area is 122 Å². The number of amides is 1. The van der Waals surface area contributed by atoms with Crippen molar-refractivity contribution in [1.82, 2.24) is 9.80 Å². The Kier molecular flexibility index (Phi) is 7.26. The van der Waals surface area contributed by atoms with Gasteiger partial charge in [-0.05, 0) is 64.6 Å². The van der Waals surface area contributed by atoms with Crippen molar-refractivity contribution in [2.24, 2.45) is 5.73 Å². The van der Waals surface area contributed by atoms with Crippen LogP contribution in [-0.4, -0.2) is 56.0 Å². The summed E-state index contributed by atoms with van der Waals surface area (Å²) in [6.07, 6.45) is 1.81. The number of nitrogens with two attached hydrogens (primary N) is 1. The van der Waals surface area contributed by atoms with Gasteiger partial charge in [0.2, 0.25) is 0 Å². The van der Waals surface area contributed by atoms with Gasteiger partial charge in [0.15, 0.2) is 0 Å². The molecule has 0 aliphatic rings. The van der Waals surface area contributed by atoms with E-state index >= 15 is 0 Å². The van der Waals surface area contributed by atoms with Gasteiger partial charge >= 0.3 is 0 Å². The summed E-state index contributed by atoms with van der Waals surface area (Å²) in [5.41, 5.74) is 7.46. The van der Waals surface area contributed by atoms with E-state index in [1.807, 2.05) is 50.2 Å². The van der Waals surface area contributed by atoms with Crippen molar-refractivity contribution in [2.45, 2.75) is 19.8 Å². The zero-order valence-electron chi connectivity index (χ0n) is 12.9. The molecule has 4 nitrogen and oxygen atoms in total. The van der Waals surface area contributed by atoms with Gasteiger partial charge in [-0.2, -0.15) is 0 Å². The molecule has 1 aromatic carbocycles. The summed E-state index contributed by atoms with van der Waals surface area (Å²) in [6.45, 7) is 5.17. The van der Waals surface area contributed by atoms with E-state index in [9.17, 15) is 4.79 Å². The first-order chi connectivity index (χ1) is 9.58. The van der Waals surface area contributed by atoms with Gasteiger partial charge in [0.25, 0.3) is 5.91 Å². The normalized spacial score (nSPS) is 10.8. The molecular formula is C16H27N3O. The van der Waals surface area contributed by atoms with Crippen molar-refractivity contribution in [1.29, 1.82) is 0 Å². The average Bonchev–Trinajstić information content (AvgIpc) is 2.43. The van der Waals surface area contributed by atoms with E-state index < -0.39 is 0 Å². The van der Waals surface area contributed by atoms with Gasteiger partial charge in [-0.15, -0.1) is 0 Å².